The van der Waals surface area contributed by atoms with Crippen LogP contribution < -0.4 is 9.47 Å². The number of nitriles is 1. The van der Waals surface area contributed by atoms with Crippen molar-refractivity contribution >= 4 is 5.97 Å². The highest BCUT2D eigenvalue weighted by atomic mass is 16.5. The molecule has 7 nitrogen and oxygen atoms in total. The van der Waals surface area contributed by atoms with Crippen LogP contribution >= 0.6 is 0 Å². The number of aryl methyl sites for hydroxylation is 1. The average Bonchev–Trinajstić information content (AvgIpc) is 3.70. The fraction of sp³-hybridized carbons (Fsp3) is 0.441. The standard InChI is InChI=1S/C34H37N3O4/c1-21(34(38)39)33(23-6-7-23)25-8-5-22-10-12-30(41-31(22)16-25)24-9-11-28(26(15-24)20-37-13-3-4-14-37)29-17-32(40-2)36-19-27(29)18-35/h5,8-9,11,15-17,19,21,23,30,33H,3-4,6-7,10,12-14,20H2,1-2H3,(H,38,39)/t21-,30?,33-/m0/s1. The number of nitrogens with zero attached hydrogens (tertiary/aromatic N) is 3. The summed E-state index contributed by atoms with van der Waals surface area (Å²) in [6, 6.07) is 17.0. The predicted octanol–water partition coefficient (Wildman–Crippen LogP) is 6.51. The minimum atomic E-state index is -0.740. The SMILES string of the molecule is COc1cc(-c2ccc(C3CCc4ccc([C@H](C5CC5)[C@H](C)C(=O)O)cc4O3)cc2CN2CCCC2)c(C#N)cn1. The number of likely N-dealkylation sites (tertiary alicyclic amines) is 1. The van der Waals surface area contributed by atoms with Gasteiger partial charge >= 0.3 is 5.97 Å². The van der Waals surface area contributed by atoms with E-state index in [0.29, 0.717) is 17.4 Å². The molecular formula is C34H37N3O4. The lowest BCUT2D eigenvalue weighted by molar-refractivity contribution is -0.142. The van der Waals surface area contributed by atoms with Crippen molar-refractivity contribution in [1.29, 1.82) is 5.26 Å². The smallest absolute Gasteiger partial charge is 0.306 e. The fourth-order valence-corrected chi connectivity index (χ4v) is 6.66. The van der Waals surface area contributed by atoms with Gasteiger partial charge in [0.25, 0.3) is 0 Å². The molecule has 1 saturated heterocycles. The van der Waals surface area contributed by atoms with Crippen molar-refractivity contribution in [2.45, 2.75) is 64.0 Å². The van der Waals surface area contributed by atoms with Gasteiger partial charge in [0, 0.05) is 24.4 Å². The molecule has 3 aromatic rings. The average molecular weight is 552 g/mol. The molecule has 3 heterocycles. The molecule has 2 aliphatic heterocycles. The third-order valence-electron chi connectivity index (χ3n) is 9.07. The quantitative estimate of drug-likeness (QED) is 0.324. The van der Waals surface area contributed by atoms with Crippen molar-refractivity contribution in [2.75, 3.05) is 20.2 Å². The number of fused-ring (bicyclic) bond motifs is 1. The zero-order valence-electron chi connectivity index (χ0n) is 23.8. The second kappa shape index (κ2) is 11.5. The first-order valence-corrected chi connectivity index (χ1v) is 14.8. The van der Waals surface area contributed by atoms with E-state index >= 15 is 0 Å². The van der Waals surface area contributed by atoms with E-state index in [9.17, 15) is 15.2 Å². The van der Waals surface area contributed by atoms with Crippen molar-refractivity contribution in [3.05, 3.63) is 76.5 Å². The van der Waals surface area contributed by atoms with Crippen LogP contribution in [0.25, 0.3) is 11.1 Å². The van der Waals surface area contributed by atoms with E-state index in [1.807, 2.05) is 13.0 Å². The van der Waals surface area contributed by atoms with E-state index in [1.54, 1.807) is 13.3 Å². The number of carbonyl (C=O) groups is 1. The maximum Gasteiger partial charge on any atom is 0.306 e. The summed E-state index contributed by atoms with van der Waals surface area (Å²) < 4.78 is 12.0. The number of methoxy groups -OCH3 is 1. The molecule has 41 heavy (non-hydrogen) atoms. The molecule has 3 atom stereocenters. The number of hydrogen-bond donors (Lipinski definition) is 1. The predicted molar refractivity (Wildman–Crippen MR) is 156 cm³/mol. The molecule has 0 radical (unpaired) electrons. The van der Waals surface area contributed by atoms with Crippen LogP contribution in [0, 0.1) is 23.2 Å². The van der Waals surface area contributed by atoms with Gasteiger partial charge < -0.3 is 14.6 Å². The zero-order valence-corrected chi connectivity index (χ0v) is 23.8. The van der Waals surface area contributed by atoms with Crippen LogP contribution in [-0.4, -0.2) is 41.2 Å². The summed E-state index contributed by atoms with van der Waals surface area (Å²) in [7, 11) is 1.59. The van der Waals surface area contributed by atoms with Crippen molar-refractivity contribution < 1.29 is 19.4 Å². The summed E-state index contributed by atoms with van der Waals surface area (Å²) in [4.78, 5) is 18.6. The molecule has 0 amide bonds. The van der Waals surface area contributed by atoms with Crippen molar-refractivity contribution in [1.82, 2.24) is 9.88 Å². The molecule has 2 aromatic carbocycles. The van der Waals surface area contributed by atoms with E-state index in [-0.39, 0.29) is 12.0 Å². The highest BCUT2D eigenvalue weighted by molar-refractivity contribution is 5.74. The lowest BCUT2D eigenvalue weighted by Crippen LogP contribution is -2.22. The van der Waals surface area contributed by atoms with Gasteiger partial charge in [-0.25, -0.2) is 4.98 Å². The first-order valence-electron chi connectivity index (χ1n) is 14.8. The second-order valence-corrected chi connectivity index (χ2v) is 11.8. The van der Waals surface area contributed by atoms with E-state index in [2.05, 4.69) is 52.4 Å². The van der Waals surface area contributed by atoms with Crippen LogP contribution in [0.1, 0.15) is 78.9 Å². The van der Waals surface area contributed by atoms with Gasteiger partial charge in [-0.05, 0) is 97.3 Å². The van der Waals surface area contributed by atoms with E-state index in [4.69, 9.17) is 9.47 Å². The first-order chi connectivity index (χ1) is 19.9. The molecule has 1 N–H and O–H groups in total. The Balaban J connectivity index is 1.33. The second-order valence-electron chi connectivity index (χ2n) is 11.8. The Morgan fingerprint density at radius 1 is 1.15 bits per heavy atom. The molecule has 0 spiro atoms. The summed E-state index contributed by atoms with van der Waals surface area (Å²) in [6.45, 7) is 4.78. The molecule has 1 saturated carbocycles. The van der Waals surface area contributed by atoms with Crippen LogP contribution in [-0.2, 0) is 17.8 Å². The van der Waals surface area contributed by atoms with Gasteiger partial charge in [0.1, 0.15) is 17.9 Å². The summed E-state index contributed by atoms with van der Waals surface area (Å²) in [5.74, 6) is 0.642. The molecule has 1 unspecified atom stereocenters. The topological polar surface area (TPSA) is 95.7 Å². The van der Waals surface area contributed by atoms with Gasteiger partial charge in [0.05, 0.1) is 18.6 Å². The van der Waals surface area contributed by atoms with Gasteiger partial charge in [-0.15, -0.1) is 0 Å². The van der Waals surface area contributed by atoms with Gasteiger partial charge in [0.15, 0.2) is 0 Å². The molecule has 0 bridgehead atoms. The minimum Gasteiger partial charge on any atom is -0.485 e. The molecule has 3 aliphatic rings. The lowest BCUT2D eigenvalue weighted by Gasteiger charge is -2.29. The molecule has 1 aliphatic carbocycles. The molecular weight excluding hydrogens is 514 g/mol. The first kappa shape index (κ1) is 27.3. The van der Waals surface area contributed by atoms with Crippen molar-refractivity contribution in [3.63, 3.8) is 0 Å². The van der Waals surface area contributed by atoms with Crippen LogP contribution in [0.3, 0.4) is 0 Å². The number of pyridine rings is 1. The van der Waals surface area contributed by atoms with E-state index in [0.717, 1.165) is 73.3 Å². The normalized spacial score (nSPS) is 20.0. The highest BCUT2D eigenvalue weighted by Crippen LogP contribution is 2.48. The highest BCUT2D eigenvalue weighted by Gasteiger charge is 2.39. The molecule has 212 valence electrons. The Labute approximate surface area is 241 Å². The maximum atomic E-state index is 11.9. The fourth-order valence-electron chi connectivity index (χ4n) is 6.66. The molecule has 6 rings (SSSR count). The van der Waals surface area contributed by atoms with E-state index < -0.39 is 11.9 Å². The Morgan fingerprint density at radius 2 is 1.95 bits per heavy atom. The lowest BCUT2D eigenvalue weighted by atomic mass is 9.82. The van der Waals surface area contributed by atoms with Crippen molar-refractivity contribution in [3.8, 4) is 28.8 Å². The van der Waals surface area contributed by atoms with Crippen LogP contribution in [0.4, 0.5) is 0 Å². The molecule has 7 heteroatoms. The third-order valence-corrected chi connectivity index (χ3v) is 9.07. The minimum absolute atomic E-state index is 0.0137. The van der Waals surface area contributed by atoms with E-state index in [1.165, 1.54) is 24.0 Å². The zero-order chi connectivity index (χ0) is 28.5. The number of hydrogen-bond acceptors (Lipinski definition) is 6. The number of carboxylic acids is 1. The number of benzene rings is 2. The van der Waals surface area contributed by atoms with Crippen LogP contribution in [0.2, 0.25) is 0 Å². The monoisotopic (exact) mass is 551 g/mol. The number of carboxylic acid groups (broad SMARTS) is 1. The Hall–Kier alpha value is -3.89. The number of aromatic nitrogens is 1. The Kier molecular flexibility index (Phi) is 7.68. The number of aliphatic carboxylic acids is 1. The summed E-state index contributed by atoms with van der Waals surface area (Å²) >= 11 is 0. The molecule has 1 aromatic heterocycles. The van der Waals surface area contributed by atoms with Gasteiger partial charge in [-0.3, -0.25) is 9.69 Å². The largest absolute Gasteiger partial charge is 0.485 e. The summed E-state index contributed by atoms with van der Waals surface area (Å²) in [5.41, 5.74) is 6.92. The number of rotatable bonds is 9. The Morgan fingerprint density at radius 3 is 2.66 bits per heavy atom. The van der Waals surface area contributed by atoms with Crippen LogP contribution in [0.5, 0.6) is 11.6 Å². The van der Waals surface area contributed by atoms with Gasteiger partial charge in [0.2, 0.25) is 5.88 Å². The third kappa shape index (κ3) is 5.67. The summed E-state index contributed by atoms with van der Waals surface area (Å²) in [5, 5.41) is 19.6. The molecule has 2 fully saturated rings. The number of ether oxygens (including phenoxy) is 2. The van der Waals surface area contributed by atoms with Gasteiger partial charge in [-0.2, -0.15) is 5.26 Å². The van der Waals surface area contributed by atoms with Crippen LogP contribution in [0.15, 0.2) is 48.7 Å². The van der Waals surface area contributed by atoms with Crippen molar-refractivity contribution in [2.24, 2.45) is 11.8 Å². The Bertz CT molecular complexity index is 1490. The summed E-state index contributed by atoms with van der Waals surface area (Å²) in [6.07, 6.45) is 7.86. The maximum absolute atomic E-state index is 11.9. The van der Waals surface area contributed by atoms with Gasteiger partial charge in [-0.1, -0.05) is 37.3 Å².